The van der Waals surface area contributed by atoms with Crippen LogP contribution < -0.4 is 9.46 Å². The first-order chi connectivity index (χ1) is 14.2. The number of hydrogen-bond acceptors (Lipinski definition) is 5. The van der Waals surface area contributed by atoms with E-state index in [2.05, 4.69) is 4.72 Å². The lowest BCUT2D eigenvalue weighted by Gasteiger charge is -2.13. The second kappa shape index (κ2) is 8.95. The molecule has 9 heteroatoms. The van der Waals surface area contributed by atoms with E-state index < -0.39 is 25.7 Å². The van der Waals surface area contributed by atoms with Crippen molar-refractivity contribution in [3.63, 3.8) is 0 Å². The van der Waals surface area contributed by atoms with E-state index in [4.69, 9.17) is 4.74 Å². The molecule has 0 unspecified atom stereocenters. The number of benzene rings is 3. The molecule has 0 aliphatic carbocycles. The summed E-state index contributed by atoms with van der Waals surface area (Å²) in [5.74, 6) is -0.392. The van der Waals surface area contributed by atoms with Gasteiger partial charge in [0.2, 0.25) is 19.9 Å². The minimum Gasteiger partial charge on any atom is -0.495 e. The van der Waals surface area contributed by atoms with Gasteiger partial charge < -0.3 is 4.74 Å². The molecule has 0 aromatic heterocycles. The van der Waals surface area contributed by atoms with Crippen LogP contribution in [0.15, 0.2) is 87.5 Å². The van der Waals surface area contributed by atoms with Crippen LogP contribution >= 0.6 is 0 Å². The highest BCUT2D eigenvalue weighted by Crippen LogP contribution is 2.29. The van der Waals surface area contributed by atoms with Crippen molar-refractivity contribution in [2.75, 3.05) is 13.7 Å². The first kappa shape index (κ1) is 21.9. The molecule has 30 heavy (non-hydrogen) atoms. The smallest absolute Gasteiger partial charge is 0.244 e. The quantitative estimate of drug-likeness (QED) is 0.571. The van der Waals surface area contributed by atoms with Crippen LogP contribution in [-0.4, -0.2) is 30.5 Å². The van der Waals surface area contributed by atoms with Gasteiger partial charge in [0.1, 0.15) is 16.5 Å². The fourth-order valence-electron chi connectivity index (χ4n) is 2.87. The van der Waals surface area contributed by atoms with Crippen LogP contribution in [0, 0.1) is 5.82 Å². The van der Waals surface area contributed by atoms with Crippen molar-refractivity contribution in [3.05, 3.63) is 84.2 Å². The van der Waals surface area contributed by atoms with E-state index in [9.17, 15) is 21.2 Å². The largest absolute Gasteiger partial charge is 0.495 e. The number of nitrogens with one attached hydrogen (secondary N) is 1. The molecule has 3 aromatic carbocycles. The molecule has 0 saturated carbocycles. The number of methoxy groups -OCH3 is 1. The van der Waals surface area contributed by atoms with E-state index in [1.54, 1.807) is 30.3 Å². The fraction of sp³-hybridized carbons (Fsp3) is 0.143. The van der Waals surface area contributed by atoms with Gasteiger partial charge in [-0.3, -0.25) is 0 Å². The minimum atomic E-state index is -4.08. The molecule has 0 spiro atoms. The summed E-state index contributed by atoms with van der Waals surface area (Å²) in [6, 6.07) is 17.3. The van der Waals surface area contributed by atoms with Crippen molar-refractivity contribution in [2.45, 2.75) is 21.1 Å². The van der Waals surface area contributed by atoms with E-state index in [1.807, 2.05) is 0 Å². The Kier molecular flexibility index (Phi) is 6.55. The fourth-order valence-corrected chi connectivity index (χ4v) is 5.48. The molecule has 1 N–H and O–H groups in total. The lowest BCUT2D eigenvalue weighted by molar-refractivity contribution is 0.401. The Balaban J connectivity index is 1.89. The molecule has 0 heterocycles. The van der Waals surface area contributed by atoms with Crippen LogP contribution in [0.4, 0.5) is 4.39 Å². The standard InChI is InChI=1S/C21H20FNO5S2/c1-28-20-11-10-19(29(24,25)18-8-3-2-4-9-18)15-21(20)30(26,27)23-13-12-16-6-5-7-17(22)14-16/h2-11,14-15,23H,12-13H2,1H3. The third-order valence-corrected chi connectivity index (χ3v) is 7.63. The Morgan fingerprint density at radius 2 is 1.60 bits per heavy atom. The van der Waals surface area contributed by atoms with E-state index in [-0.39, 0.29) is 33.4 Å². The monoisotopic (exact) mass is 449 g/mol. The molecule has 0 fully saturated rings. The summed E-state index contributed by atoms with van der Waals surface area (Å²) in [7, 11) is -6.69. The molecule has 0 atom stereocenters. The van der Waals surface area contributed by atoms with Gasteiger partial charge in [0, 0.05) is 6.54 Å². The average molecular weight is 450 g/mol. The highest BCUT2D eigenvalue weighted by Gasteiger charge is 2.24. The van der Waals surface area contributed by atoms with Gasteiger partial charge in [-0.15, -0.1) is 0 Å². The van der Waals surface area contributed by atoms with Gasteiger partial charge in [0.25, 0.3) is 0 Å². The summed E-state index contributed by atoms with van der Waals surface area (Å²) in [5.41, 5.74) is 0.630. The Morgan fingerprint density at radius 1 is 0.867 bits per heavy atom. The summed E-state index contributed by atoms with van der Waals surface area (Å²) in [6.07, 6.45) is 0.265. The van der Waals surface area contributed by atoms with Crippen molar-refractivity contribution in [3.8, 4) is 5.75 Å². The van der Waals surface area contributed by atoms with Crippen LogP contribution in [0.25, 0.3) is 0 Å². The average Bonchev–Trinajstić information content (AvgIpc) is 2.74. The predicted molar refractivity (Wildman–Crippen MR) is 110 cm³/mol. The second-order valence-corrected chi connectivity index (χ2v) is 10.1. The van der Waals surface area contributed by atoms with Gasteiger partial charge in [-0.1, -0.05) is 30.3 Å². The first-order valence-electron chi connectivity index (χ1n) is 8.96. The number of halogens is 1. The highest BCUT2D eigenvalue weighted by atomic mass is 32.2. The molecule has 158 valence electrons. The Hall–Kier alpha value is -2.75. The maximum atomic E-state index is 13.3. The normalized spacial score (nSPS) is 11.9. The Bertz CT molecular complexity index is 1240. The number of sulfone groups is 1. The number of hydrogen-bond donors (Lipinski definition) is 1. The van der Waals surface area contributed by atoms with Gasteiger partial charge in [0.05, 0.1) is 16.9 Å². The van der Waals surface area contributed by atoms with Gasteiger partial charge in [-0.05, 0) is 54.4 Å². The van der Waals surface area contributed by atoms with Crippen LogP contribution in [0.2, 0.25) is 0 Å². The Morgan fingerprint density at radius 3 is 2.27 bits per heavy atom. The zero-order valence-electron chi connectivity index (χ0n) is 16.1. The molecular weight excluding hydrogens is 429 g/mol. The van der Waals surface area contributed by atoms with Gasteiger partial charge in [-0.2, -0.15) is 0 Å². The van der Waals surface area contributed by atoms with Gasteiger partial charge in [0.15, 0.2) is 0 Å². The van der Waals surface area contributed by atoms with Crippen molar-refractivity contribution in [1.29, 1.82) is 0 Å². The van der Waals surface area contributed by atoms with Crippen LogP contribution in [0.3, 0.4) is 0 Å². The van der Waals surface area contributed by atoms with Crippen molar-refractivity contribution in [1.82, 2.24) is 4.72 Å². The predicted octanol–water partition coefficient (Wildman–Crippen LogP) is 3.19. The summed E-state index contributed by atoms with van der Waals surface area (Å²) in [4.78, 5) is -0.404. The van der Waals surface area contributed by atoms with Crippen molar-refractivity contribution >= 4 is 19.9 Å². The van der Waals surface area contributed by atoms with Crippen LogP contribution in [-0.2, 0) is 26.3 Å². The molecule has 3 aromatic rings. The molecule has 0 bridgehead atoms. The molecule has 3 rings (SSSR count). The molecule has 0 aliphatic rings. The van der Waals surface area contributed by atoms with Gasteiger partial charge >= 0.3 is 0 Å². The molecule has 0 radical (unpaired) electrons. The van der Waals surface area contributed by atoms with Crippen LogP contribution in [0.1, 0.15) is 5.56 Å². The summed E-state index contributed by atoms with van der Waals surface area (Å²) in [5, 5.41) is 0. The Labute approximate surface area is 175 Å². The third-order valence-electron chi connectivity index (χ3n) is 4.38. The molecule has 6 nitrogen and oxygen atoms in total. The zero-order chi connectivity index (χ0) is 21.8. The van der Waals surface area contributed by atoms with E-state index in [0.29, 0.717) is 5.56 Å². The topological polar surface area (TPSA) is 89.5 Å². The van der Waals surface area contributed by atoms with Crippen LogP contribution in [0.5, 0.6) is 5.75 Å². The second-order valence-electron chi connectivity index (χ2n) is 6.41. The highest BCUT2D eigenvalue weighted by molar-refractivity contribution is 7.91. The summed E-state index contributed by atoms with van der Waals surface area (Å²) in [6.45, 7) is 0.00457. The number of sulfonamides is 1. The van der Waals surface area contributed by atoms with Crippen molar-refractivity contribution in [2.24, 2.45) is 0 Å². The number of rotatable bonds is 8. The maximum absolute atomic E-state index is 13.3. The molecule has 0 saturated heterocycles. The van der Waals surface area contributed by atoms with Gasteiger partial charge in [-0.25, -0.2) is 25.9 Å². The SMILES string of the molecule is COc1ccc(S(=O)(=O)c2ccccc2)cc1S(=O)(=O)NCCc1cccc(F)c1. The first-order valence-corrected chi connectivity index (χ1v) is 11.9. The molecule has 0 aliphatic heterocycles. The number of ether oxygens (including phenoxy) is 1. The lowest BCUT2D eigenvalue weighted by atomic mass is 10.1. The molecule has 0 amide bonds. The zero-order valence-corrected chi connectivity index (χ0v) is 17.7. The van der Waals surface area contributed by atoms with E-state index in [1.165, 1.54) is 43.5 Å². The van der Waals surface area contributed by atoms with E-state index >= 15 is 0 Å². The molecular formula is C21H20FNO5S2. The van der Waals surface area contributed by atoms with Crippen molar-refractivity contribution < 1.29 is 26.0 Å². The summed E-state index contributed by atoms with van der Waals surface area (Å²) >= 11 is 0. The lowest BCUT2D eigenvalue weighted by Crippen LogP contribution is -2.26. The maximum Gasteiger partial charge on any atom is 0.244 e. The van der Waals surface area contributed by atoms with E-state index in [0.717, 1.165) is 6.07 Å². The third kappa shape index (κ3) is 4.86. The minimum absolute atomic E-state index is 0.00457. The summed E-state index contributed by atoms with van der Waals surface area (Å²) < 4.78 is 72.2.